The van der Waals surface area contributed by atoms with E-state index in [-0.39, 0.29) is 6.04 Å². The molecule has 2 rings (SSSR count). The minimum Gasteiger partial charge on any atom is -0.319 e. The third-order valence-corrected chi connectivity index (χ3v) is 4.77. The fourth-order valence-corrected chi connectivity index (χ4v) is 3.60. The van der Waals surface area contributed by atoms with Crippen molar-refractivity contribution in [3.8, 4) is 0 Å². The third-order valence-electron chi connectivity index (χ3n) is 4.77. The summed E-state index contributed by atoms with van der Waals surface area (Å²) in [4.78, 5) is 2.31. The monoisotopic (exact) mass is 278 g/mol. The van der Waals surface area contributed by atoms with Gasteiger partial charge in [-0.05, 0) is 64.7 Å². The standard InChI is InChI=1S/C14H25F3N2/c1-18-10-11-5-7-19(8-6-11)13-4-2-3-12(9-13)14(15,16)17/h11-13,18H,2-10H2,1H3. The van der Waals surface area contributed by atoms with Gasteiger partial charge in [0.25, 0.3) is 0 Å². The van der Waals surface area contributed by atoms with Crippen LogP contribution in [0, 0.1) is 11.8 Å². The number of rotatable bonds is 3. The molecule has 2 aliphatic rings. The molecule has 5 heteroatoms. The highest BCUT2D eigenvalue weighted by Crippen LogP contribution is 2.39. The van der Waals surface area contributed by atoms with Gasteiger partial charge in [0.2, 0.25) is 0 Å². The highest BCUT2D eigenvalue weighted by molar-refractivity contribution is 4.86. The summed E-state index contributed by atoms with van der Waals surface area (Å²) in [5.41, 5.74) is 0. The number of hydrogen-bond donors (Lipinski definition) is 1. The summed E-state index contributed by atoms with van der Waals surface area (Å²) in [6, 6.07) is 0.163. The summed E-state index contributed by atoms with van der Waals surface area (Å²) in [6.07, 6.45) is 0.566. The molecule has 1 saturated carbocycles. The SMILES string of the molecule is CNCC1CCN(C2CCCC(C(F)(F)F)C2)CC1. The van der Waals surface area contributed by atoms with Crippen molar-refractivity contribution < 1.29 is 13.2 Å². The second-order valence-electron chi connectivity index (χ2n) is 6.10. The molecule has 2 atom stereocenters. The molecule has 1 saturated heterocycles. The lowest BCUT2D eigenvalue weighted by Gasteiger charge is -2.41. The lowest BCUT2D eigenvalue weighted by molar-refractivity contribution is -0.187. The maximum Gasteiger partial charge on any atom is 0.391 e. The Morgan fingerprint density at radius 2 is 1.79 bits per heavy atom. The second-order valence-corrected chi connectivity index (χ2v) is 6.10. The van der Waals surface area contributed by atoms with Gasteiger partial charge < -0.3 is 10.2 Å². The highest BCUT2D eigenvalue weighted by Gasteiger charge is 2.43. The molecule has 0 bridgehead atoms. The topological polar surface area (TPSA) is 15.3 Å². The van der Waals surface area contributed by atoms with Crippen LogP contribution in [0.25, 0.3) is 0 Å². The van der Waals surface area contributed by atoms with E-state index >= 15 is 0 Å². The quantitative estimate of drug-likeness (QED) is 0.853. The molecule has 1 aliphatic carbocycles. The molecule has 2 unspecified atom stereocenters. The minimum atomic E-state index is -4.00. The first kappa shape index (κ1) is 15.1. The van der Waals surface area contributed by atoms with Gasteiger partial charge in [-0.15, -0.1) is 0 Å². The Morgan fingerprint density at radius 3 is 2.37 bits per heavy atom. The van der Waals surface area contributed by atoms with Crippen LogP contribution in [0.4, 0.5) is 13.2 Å². The Labute approximate surface area is 113 Å². The van der Waals surface area contributed by atoms with Crippen LogP contribution in [0.15, 0.2) is 0 Å². The third kappa shape index (κ3) is 4.09. The van der Waals surface area contributed by atoms with Crippen LogP contribution in [-0.2, 0) is 0 Å². The van der Waals surface area contributed by atoms with Gasteiger partial charge in [0.15, 0.2) is 0 Å². The second kappa shape index (κ2) is 6.44. The van der Waals surface area contributed by atoms with Crippen LogP contribution >= 0.6 is 0 Å². The van der Waals surface area contributed by atoms with Crippen molar-refractivity contribution in [3.63, 3.8) is 0 Å². The molecule has 1 aliphatic heterocycles. The van der Waals surface area contributed by atoms with Gasteiger partial charge in [-0.25, -0.2) is 0 Å². The van der Waals surface area contributed by atoms with Crippen molar-refractivity contribution >= 4 is 0 Å². The summed E-state index contributed by atoms with van der Waals surface area (Å²) < 4.78 is 38.5. The van der Waals surface area contributed by atoms with E-state index in [9.17, 15) is 13.2 Å². The lowest BCUT2D eigenvalue weighted by Crippen LogP contribution is -2.46. The molecule has 19 heavy (non-hydrogen) atoms. The van der Waals surface area contributed by atoms with Crippen molar-refractivity contribution in [2.24, 2.45) is 11.8 Å². The van der Waals surface area contributed by atoms with Crippen molar-refractivity contribution in [2.45, 2.75) is 50.7 Å². The smallest absolute Gasteiger partial charge is 0.319 e. The first-order valence-corrected chi connectivity index (χ1v) is 7.46. The van der Waals surface area contributed by atoms with Crippen LogP contribution in [-0.4, -0.2) is 43.8 Å². The Hall–Kier alpha value is -0.290. The fourth-order valence-electron chi connectivity index (χ4n) is 3.60. The lowest BCUT2D eigenvalue weighted by atomic mass is 9.83. The highest BCUT2D eigenvalue weighted by atomic mass is 19.4. The molecule has 0 aromatic carbocycles. The number of likely N-dealkylation sites (tertiary alicyclic amines) is 1. The molecule has 1 N–H and O–H groups in total. The van der Waals surface area contributed by atoms with Crippen molar-refractivity contribution in [1.82, 2.24) is 10.2 Å². The van der Waals surface area contributed by atoms with Crippen LogP contribution in [0.3, 0.4) is 0 Å². The molecule has 0 spiro atoms. The molecule has 0 radical (unpaired) electrons. The van der Waals surface area contributed by atoms with E-state index in [2.05, 4.69) is 10.2 Å². The van der Waals surface area contributed by atoms with E-state index in [1.165, 1.54) is 0 Å². The minimum absolute atomic E-state index is 0.163. The maximum absolute atomic E-state index is 12.8. The molecule has 2 fully saturated rings. The number of halogens is 3. The van der Waals surface area contributed by atoms with Gasteiger partial charge in [-0.1, -0.05) is 6.42 Å². The van der Waals surface area contributed by atoms with Crippen LogP contribution in [0.1, 0.15) is 38.5 Å². The molecule has 1 heterocycles. The number of alkyl halides is 3. The van der Waals surface area contributed by atoms with Crippen molar-refractivity contribution in [3.05, 3.63) is 0 Å². The van der Waals surface area contributed by atoms with E-state index in [1.807, 2.05) is 7.05 Å². The zero-order valence-electron chi connectivity index (χ0n) is 11.7. The Morgan fingerprint density at radius 1 is 1.11 bits per heavy atom. The van der Waals surface area contributed by atoms with E-state index < -0.39 is 12.1 Å². The van der Waals surface area contributed by atoms with Gasteiger partial charge in [0.1, 0.15) is 0 Å². The Bertz CT molecular complexity index is 272. The number of piperidine rings is 1. The van der Waals surface area contributed by atoms with E-state index in [4.69, 9.17) is 0 Å². The summed E-state index contributed by atoms with van der Waals surface area (Å²) in [5, 5.41) is 3.19. The molecule has 0 amide bonds. The summed E-state index contributed by atoms with van der Waals surface area (Å²) >= 11 is 0. The number of nitrogens with one attached hydrogen (secondary N) is 1. The summed E-state index contributed by atoms with van der Waals surface area (Å²) in [5.74, 6) is -0.371. The number of nitrogens with zero attached hydrogens (tertiary/aromatic N) is 1. The van der Waals surface area contributed by atoms with Gasteiger partial charge in [-0.3, -0.25) is 0 Å². The summed E-state index contributed by atoms with van der Waals surface area (Å²) in [7, 11) is 1.96. The first-order chi connectivity index (χ1) is 9.00. The predicted octanol–water partition coefficient (Wildman–Crippen LogP) is 3.04. The zero-order chi connectivity index (χ0) is 13.9. The first-order valence-electron chi connectivity index (χ1n) is 7.46. The molecule has 0 aromatic heterocycles. The molecular formula is C14H25F3N2. The van der Waals surface area contributed by atoms with E-state index in [0.29, 0.717) is 18.8 Å². The van der Waals surface area contributed by atoms with Gasteiger partial charge in [0, 0.05) is 6.04 Å². The Kier molecular flexibility index (Phi) is 5.12. The zero-order valence-corrected chi connectivity index (χ0v) is 11.7. The average Bonchev–Trinajstić information content (AvgIpc) is 2.39. The average molecular weight is 278 g/mol. The molecule has 2 nitrogen and oxygen atoms in total. The van der Waals surface area contributed by atoms with Crippen LogP contribution < -0.4 is 5.32 Å². The molecular weight excluding hydrogens is 253 g/mol. The molecule has 0 aromatic rings. The van der Waals surface area contributed by atoms with Gasteiger partial charge >= 0.3 is 6.18 Å². The maximum atomic E-state index is 12.8. The van der Waals surface area contributed by atoms with E-state index in [1.54, 1.807) is 0 Å². The van der Waals surface area contributed by atoms with Crippen LogP contribution in [0.2, 0.25) is 0 Å². The Balaban J connectivity index is 1.82. The van der Waals surface area contributed by atoms with Crippen molar-refractivity contribution in [1.29, 1.82) is 0 Å². The predicted molar refractivity (Wildman–Crippen MR) is 70.0 cm³/mol. The molecule has 112 valence electrons. The number of hydrogen-bond acceptors (Lipinski definition) is 2. The van der Waals surface area contributed by atoms with Crippen molar-refractivity contribution in [2.75, 3.05) is 26.7 Å². The fraction of sp³-hybridized carbons (Fsp3) is 1.00. The van der Waals surface area contributed by atoms with E-state index in [0.717, 1.165) is 45.3 Å². The van der Waals surface area contributed by atoms with Crippen LogP contribution in [0.5, 0.6) is 0 Å². The van der Waals surface area contributed by atoms with Gasteiger partial charge in [-0.2, -0.15) is 13.2 Å². The normalized spacial score (nSPS) is 31.6. The van der Waals surface area contributed by atoms with Gasteiger partial charge in [0.05, 0.1) is 5.92 Å². The largest absolute Gasteiger partial charge is 0.391 e. The summed E-state index contributed by atoms with van der Waals surface area (Å²) in [6.45, 7) is 2.98.